The highest BCUT2D eigenvalue weighted by molar-refractivity contribution is 6.42. The standard InChI is InChI=1S/C17H18Cl2N2O2/c1-21(10-12-3-8-15(18)16(19)9-12)11-17(22)20-13-4-6-14(23-2)7-5-13/h3-9H,10-11H2,1-2H3,(H,20,22). The van der Waals surface area contributed by atoms with Crippen molar-refractivity contribution in [2.24, 2.45) is 0 Å². The highest BCUT2D eigenvalue weighted by Gasteiger charge is 2.09. The van der Waals surface area contributed by atoms with Crippen molar-refractivity contribution >= 4 is 34.8 Å². The van der Waals surface area contributed by atoms with Crippen LogP contribution < -0.4 is 10.1 Å². The lowest BCUT2D eigenvalue weighted by atomic mass is 10.2. The van der Waals surface area contributed by atoms with E-state index in [9.17, 15) is 4.79 Å². The van der Waals surface area contributed by atoms with Gasteiger partial charge in [-0.25, -0.2) is 0 Å². The maximum absolute atomic E-state index is 12.1. The molecule has 0 aliphatic carbocycles. The Balaban J connectivity index is 1.87. The second kappa shape index (κ2) is 8.20. The molecule has 0 bridgehead atoms. The van der Waals surface area contributed by atoms with Crippen LogP contribution >= 0.6 is 23.2 Å². The topological polar surface area (TPSA) is 41.6 Å². The first kappa shape index (κ1) is 17.6. The lowest BCUT2D eigenvalue weighted by molar-refractivity contribution is -0.117. The smallest absolute Gasteiger partial charge is 0.238 e. The molecule has 0 unspecified atom stereocenters. The van der Waals surface area contributed by atoms with Gasteiger partial charge < -0.3 is 10.1 Å². The van der Waals surface area contributed by atoms with Gasteiger partial charge in [0.15, 0.2) is 0 Å². The Morgan fingerprint density at radius 3 is 2.43 bits per heavy atom. The van der Waals surface area contributed by atoms with Gasteiger partial charge in [0.2, 0.25) is 5.91 Å². The van der Waals surface area contributed by atoms with E-state index in [0.29, 0.717) is 16.6 Å². The van der Waals surface area contributed by atoms with Gasteiger partial charge in [0.1, 0.15) is 5.75 Å². The van der Waals surface area contributed by atoms with Crippen molar-refractivity contribution in [3.63, 3.8) is 0 Å². The van der Waals surface area contributed by atoms with E-state index in [0.717, 1.165) is 17.0 Å². The predicted octanol–water partition coefficient (Wildman–Crippen LogP) is 4.07. The van der Waals surface area contributed by atoms with Gasteiger partial charge in [0.05, 0.1) is 23.7 Å². The molecule has 1 amide bonds. The summed E-state index contributed by atoms with van der Waals surface area (Å²) in [6, 6.07) is 12.7. The number of carbonyl (C=O) groups excluding carboxylic acids is 1. The fraction of sp³-hybridized carbons (Fsp3) is 0.235. The summed E-state index contributed by atoms with van der Waals surface area (Å²) in [5.41, 5.74) is 1.73. The minimum absolute atomic E-state index is 0.0854. The van der Waals surface area contributed by atoms with E-state index in [1.54, 1.807) is 37.4 Å². The molecule has 122 valence electrons. The lowest BCUT2D eigenvalue weighted by Crippen LogP contribution is -2.29. The van der Waals surface area contributed by atoms with Gasteiger partial charge in [-0.2, -0.15) is 0 Å². The molecular formula is C17H18Cl2N2O2. The molecule has 0 aliphatic rings. The molecule has 0 aromatic heterocycles. The third-order valence-corrected chi connectivity index (χ3v) is 3.96. The molecule has 2 rings (SSSR count). The van der Waals surface area contributed by atoms with E-state index in [1.165, 1.54) is 0 Å². The van der Waals surface area contributed by atoms with Gasteiger partial charge in [-0.05, 0) is 49.0 Å². The van der Waals surface area contributed by atoms with Crippen molar-refractivity contribution in [2.75, 3.05) is 26.0 Å². The Hall–Kier alpha value is -1.75. The average Bonchev–Trinajstić information content (AvgIpc) is 2.51. The van der Waals surface area contributed by atoms with Gasteiger partial charge >= 0.3 is 0 Å². The maximum atomic E-state index is 12.1. The molecule has 6 heteroatoms. The van der Waals surface area contributed by atoms with E-state index in [-0.39, 0.29) is 12.5 Å². The van der Waals surface area contributed by atoms with Crippen molar-refractivity contribution in [3.8, 4) is 5.75 Å². The second-order valence-corrected chi connectivity index (χ2v) is 6.01. The van der Waals surface area contributed by atoms with Crippen LogP contribution in [-0.4, -0.2) is 31.5 Å². The first-order valence-corrected chi connectivity index (χ1v) is 7.80. The third-order valence-electron chi connectivity index (χ3n) is 3.22. The Labute approximate surface area is 146 Å². The fourth-order valence-corrected chi connectivity index (χ4v) is 2.45. The zero-order chi connectivity index (χ0) is 16.8. The molecule has 0 aliphatic heterocycles. The Bertz CT molecular complexity index is 675. The summed E-state index contributed by atoms with van der Waals surface area (Å²) >= 11 is 11.9. The number of carbonyl (C=O) groups is 1. The normalized spacial score (nSPS) is 10.7. The lowest BCUT2D eigenvalue weighted by Gasteiger charge is -2.16. The molecule has 0 heterocycles. The second-order valence-electron chi connectivity index (χ2n) is 5.20. The van der Waals surface area contributed by atoms with Crippen LogP contribution in [0.2, 0.25) is 10.0 Å². The first-order valence-electron chi connectivity index (χ1n) is 7.04. The number of anilines is 1. The van der Waals surface area contributed by atoms with Crippen molar-refractivity contribution < 1.29 is 9.53 Å². The summed E-state index contributed by atoms with van der Waals surface area (Å²) < 4.78 is 5.08. The minimum atomic E-state index is -0.0854. The predicted molar refractivity (Wildman–Crippen MR) is 94.4 cm³/mol. The molecule has 2 aromatic carbocycles. The van der Waals surface area contributed by atoms with Gasteiger partial charge in [0.25, 0.3) is 0 Å². The van der Waals surface area contributed by atoms with Gasteiger partial charge in [0, 0.05) is 12.2 Å². The number of nitrogens with zero attached hydrogens (tertiary/aromatic N) is 1. The molecule has 0 spiro atoms. The third kappa shape index (κ3) is 5.43. The van der Waals surface area contributed by atoms with Crippen LogP contribution in [0.5, 0.6) is 5.75 Å². The molecule has 1 N–H and O–H groups in total. The van der Waals surface area contributed by atoms with Crippen LogP contribution in [0.15, 0.2) is 42.5 Å². The fourth-order valence-electron chi connectivity index (χ4n) is 2.13. The summed E-state index contributed by atoms with van der Waals surface area (Å²) in [4.78, 5) is 14.0. The molecule has 0 saturated heterocycles. The zero-order valence-corrected chi connectivity index (χ0v) is 14.5. The van der Waals surface area contributed by atoms with E-state index >= 15 is 0 Å². The van der Waals surface area contributed by atoms with Crippen LogP contribution in [0.4, 0.5) is 5.69 Å². The highest BCUT2D eigenvalue weighted by atomic mass is 35.5. The molecule has 4 nitrogen and oxygen atoms in total. The molecule has 23 heavy (non-hydrogen) atoms. The molecule has 0 saturated carbocycles. The molecular weight excluding hydrogens is 335 g/mol. The number of rotatable bonds is 6. The van der Waals surface area contributed by atoms with Crippen LogP contribution in [-0.2, 0) is 11.3 Å². The summed E-state index contributed by atoms with van der Waals surface area (Å²) in [6.45, 7) is 0.874. The zero-order valence-electron chi connectivity index (χ0n) is 13.0. The number of hydrogen-bond donors (Lipinski definition) is 1. The summed E-state index contributed by atoms with van der Waals surface area (Å²) in [6.07, 6.45) is 0. The molecule has 2 aromatic rings. The number of likely N-dealkylation sites (N-methyl/N-ethyl adjacent to an activating group) is 1. The van der Waals surface area contributed by atoms with Crippen molar-refractivity contribution in [1.82, 2.24) is 4.90 Å². The number of hydrogen-bond acceptors (Lipinski definition) is 3. The van der Waals surface area contributed by atoms with E-state index in [4.69, 9.17) is 27.9 Å². The quantitative estimate of drug-likeness (QED) is 0.851. The number of halogens is 2. The van der Waals surface area contributed by atoms with Gasteiger partial charge in [-0.3, -0.25) is 9.69 Å². The Morgan fingerprint density at radius 2 is 1.83 bits per heavy atom. The molecule has 0 atom stereocenters. The summed E-state index contributed by atoms with van der Waals surface area (Å²) in [5, 5.41) is 3.88. The number of methoxy groups -OCH3 is 1. The monoisotopic (exact) mass is 352 g/mol. The van der Waals surface area contributed by atoms with Crippen LogP contribution in [0.1, 0.15) is 5.56 Å². The van der Waals surface area contributed by atoms with E-state index < -0.39 is 0 Å². The van der Waals surface area contributed by atoms with Crippen LogP contribution in [0.3, 0.4) is 0 Å². The Morgan fingerprint density at radius 1 is 1.13 bits per heavy atom. The Kier molecular flexibility index (Phi) is 6.28. The summed E-state index contributed by atoms with van der Waals surface area (Å²) in [7, 11) is 3.47. The SMILES string of the molecule is COc1ccc(NC(=O)CN(C)Cc2ccc(Cl)c(Cl)c2)cc1. The highest BCUT2D eigenvalue weighted by Crippen LogP contribution is 2.23. The number of amides is 1. The van der Waals surface area contributed by atoms with Crippen molar-refractivity contribution in [2.45, 2.75) is 6.54 Å². The average molecular weight is 353 g/mol. The van der Waals surface area contributed by atoms with Crippen LogP contribution in [0.25, 0.3) is 0 Å². The van der Waals surface area contributed by atoms with E-state index in [2.05, 4.69) is 5.32 Å². The largest absolute Gasteiger partial charge is 0.497 e. The maximum Gasteiger partial charge on any atom is 0.238 e. The number of nitrogens with one attached hydrogen (secondary N) is 1. The van der Waals surface area contributed by atoms with E-state index in [1.807, 2.05) is 24.1 Å². The van der Waals surface area contributed by atoms with Gasteiger partial charge in [-0.15, -0.1) is 0 Å². The van der Waals surface area contributed by atoms with Crippen molar-refractivity contribution in [3.05, 3.63) is 58.1 Å². The first-order chi connectivity index (χ1) is 11.0. The molecule has 0 fully saturated rings. The summed E-state index contributed by atoms with van der Waals surface area (Å²) in [5.74, 6) is 0.664. The van der Waals surface area contributed by atoms with Gasteiger partial charge in [-0.1, -0.05) is 29.3 Å². The van der Waals surface area contributed by atoms with Crippen molar-refractivity contribution in [1.29, 1.82) is 0 Å². The number of benzene rings is 2. The molecule has 0 radical (unpaired) electrons. The van der Waals surface area contributed by atoms with Crippen LogP contribution in [0, 0.1) is 0 Å². The number of ether oxygens (including phenoxy) is 1. The minimum Gasteiger partial charge on any atom is -0.497 e.